The first-order valence-corrected chi connectivity index (χ1v) is 7.47. The van der Waals surface area contributed by atoms with E-state index in [1.807, 2.05) is 0 Å². The molecule has 2 N–H and O–H groups in total. The molecule has 0 aliphatic heterocycles. The van der Waals surface area contributed by atoms with E-state index < -0.39 is 15.7 Å². The zero-order chi connectivity index (χ0) is 13.6. The molecule has 0 bridgehead atoms. The number of sulfone groups is 1. The number of ether oxygens (including phenoxy) is 1. The second-order valence-electron chi connectivity index (χ2n) is 4.06. The van der Waals surface area contributed by atoms with Gasteiger partial charge in [-0.05, 0) is 29.7 Å². The number of rotatable bonds is 7. The van der Waals surface area contributed by atoms with E-state index >= 15 is 0 Å². The Kier molecular flexibility index (Phi) is 5.71. The van der Waals surface area contributed by atoms with Crippen molar-refractivity contribution in [3.05, 3.63) is 35.1 Å². The average Bonchev–Trinajstić information content (AvgIpc) is 2.31. The van der Waals surface area contributed by atoms with Crippen molar-refractivity contribution < 1.29 is 17.5 Å². The van der Waals surface area contributed by atoms with Crippen molar-refractivity contribution >= 4 is 9.84 Å². The van der Waals surface area contributed by atoms with Gasteiger partial charge in [0.2, 0.25) is 0 Å². The average molecular weight is 275 g/mol. The predicted molar refractivity (Wildman–Crippen MR) is 68.3 cm³/mol. The molecule has 0 saturated heterocycles. The number of benzene rings is 1. The lowest BCUT2D eigenvalue weighted by atomic mass is 10.1. The summed E-state index contributed by atoms with van der Waals surface area (Å²) in [6, 6.07) is 4.00. The summed E-state index contributed by atoms with van der Waals surface area (Å²) in [6.45, 7) is 0.535. The largest absolute Gasteiger partial charge is 0.385 e. The van der Waals surface area contributed by atoms with E-state index in [4.69, 9.17) is 10.5 Å². The summed E-state index contributed by atoms with van der Waals surface area (Å²) in [5.74, 6) is -0.456. The van der Waals surface area contributed by atoms with Crippen molar-refractivity contribution in [3.8, 4) is 0 Å². The Morgan fingerprint density at radius 3 is 2.67 bits per heavy atom. The fourth-order valence-electron chi connectivity index (χ4n) is 1.66. The molecule has 0 heterocycles. The highest BCUT2D eigenvalue weighted by molar-refractivity contribution is 7.90. The van der Waals surface area contributed by atoms with Gasteiger partial charge in [-0.2, -0.15) is 0 Å². The van der Waals surface area contributed by atoms with Gasteiger partial charge in [0, 0.05) is 20.3 Å². The Morgan fingerprint density at radius 1 is 1.33 bits per heavy atom. The number of hydrogen-bond acceptors (Lipinski definition) is 4. The van der Waals surface area contributed by atoms with Crippen molar-refractivity contribution in [1.29, 1.82) is 0 Å². The molecular formula is C12H18FNO3S. The first-order valence-electron chi connectivity index (χ1n) is 5.65. The van der Waals surface area contributed by atoms with Crippen LogP contribution in [0.2, 0.25) is 0 Å². The van der Waals surface area contributed by atoms with Gasteiger partial charge in [0.1, 0.15) is 5.82 Å². The summed E-state index contributed by atoms with van der Waals surface area (Å²) in [7, 11) is -1.68. The fraction of sp³-hybridized carbons (Fsp3) is 0.500. The van der Waals surface area contributed by atoms with Crippen LogP contribution in [0.5, 0.6) is 0 Å². The van der Waals surface area contributed by atoms with E-state index in [9.17, 15) is 12.8 Å². The first-order chi connectivity index (χ1) is 8.48. The van der Waals surface area contributed by atoms with Crippen LogP contribution >= 0.6 is 0 Å². The van der Waals surface area contributed by atoms with E-state index in [1.165, 1.54) is 25.3 Å². The second-order valence-corrected chi connectivity index (χ2v) is 6.24. The van der Waals surface area contributed by atoms with E-state index in [0.717, 1.165) is 0 Å². The van der Waals surface area contributed by atoms with Gasteiger partial charge in [-0.15, -0.1) is 0 Å². The van der Waals surface area contributed by atoms with Gasteiger partial charge in [0.05, 0.1) is 11.5 Å². The second kappa shape index (κ2) is 6.82. The molecule has 0 radical (unpaired) electrons. The molecule has 4 nitrogen and oxygen atoms in total. The number of nitrogens with two attached hydrogens (primary N) is 1. The van der Waals surface area contributed by atoms with Crippen LogP contribution in [-0.2, 0) is 26.9 Å². The van der Waals surface area contributed by atoms with Gasteiger partial charge < -0.3 is 10.5 Å². The minimum Gasteiger partial charge on any atom is -0.385 e. The normalized spacial score (nSPS) is 11.7. The third-order valence-electron chi connectivity index (χ3n) is 2.57. The van der Waals surface area contributed by atoms with Crippen LogP contribution in [0.1, 0.15) is 17.5 Å². The Morgan fingerprint density at radius 2 is 2.06 bits per heavy atom. The standard InChI is InChI=1S/C12H18FNO3S/c1-17-5-2-6-18(15,16)9-10-3-4-12(13)7-11(10)8-14/h3-4,7H,2,5-6,8-9,14H2,1H3. The smallest absolute Gasteiger partial charge is 0.154 e. The van der Waals surface area contributed by atoms with Crippen LogP contribution in [0.4, 0.5) is 4.39 Å². The number of hydrogen-bond donors (Lipinski definition) is 1. The lowest BCUT2D eigenvalue weighted by Crippen LogP contribution is -2.13. The SMILES string of the molecule is COCCCS(=O)(=O)Cc1ccc(F)cc1CN. The van der Waals surface area contributed by atoms with Crippen LogP contribution < -0.4 is 5.73 Å². The zero-order valence-corrected chi connectivity index (χ0v) is 11.2. The summed E-state index contributed by atoms with van der Waals surface area (Å²) in [5.41, 5.74) is 6.58. The lowest BCUT2D eigenvalue weighted by molar-refractivity contribution is 0.199. The molecule has 1 aromatic carbocycles. The quantitative estimate of drug-likeness (QED) is 0.760. The molecule has 1 aromatic rings. The van der Waals surface area contributed by atoms with Crippen molar-refractivity contribution in [1.82, 2.24) is 0 Å². The summed E-state index contributed by atoms with van der Waals surface area (Å²) in [6.07, 6.45) is 0.456. The Bertz CT molecular complexity index is 488. The minimum atomic E-state index is -3.21. The molecule has 0 saturated carbocycles. The van der Waals surface area contributed by atoms with Crippen LogP contribution in [-0.4, -0.2) is 27.9 Å². The van der Waals surface area contributed by atoms with E-state index in [0.29, 0.717) is 24.2 Å². The molecule has 102 valence electrons. The zero-order valence-electron chi connectivity index (χ0n) is 10.4. The number of halogens is 1. The summed E-state index contributed by atoms with van der Waals surface area (Å²) >= 11 is 0. The highest BCUT2D eigenvalue weighted by Gasteiger charge is 2.14. The van der Waals surface area contributed by atoms with Crippen molar-refractivity contribution in [3.63, 3.8) is 0 Å². The van der Waals surface area contributed by atoms with Crippen molar-refractivity contribution in [2.24, 2.45) is 5.73 Å². The molecule has 0 aromatic heterocycles. The van der Waals surface area contributed by atoms with E-state index in [1.54, 1.807) is 0 Å². The van der Waals surface area contributed by atoms with Gasteiger partial charge in [0.15, 0.2) is 9.84 Å². The van der Waals surface area contributed by atoms with Gasteiger partial charge in [-0.25, -0.2) is 12.8 Å². The Balaban J connectivity index is 2.77. The van der Waals surface area contributed by atoms with E-state index in [-0.39, 0.29) is 18.1 Å². The molecule has 18 heavy (non-hydrogen) atoms. The molecule has 0 atom stereocenters. The molecule has 0 amide bonds. The number of methoxy groups -OCH3 is 1. The van der Waals surface area contributed by atoms with Crippen LogP contribution in [0.3, 0.4) is 0 Å². The predicted octanol–water partition coefficient (Wildman–Crippen LogP) is 1.24. The topological polar surface area (TPSA) is 69.4 Å². The molecule has 0 spiro atoms. The Hall–Kier alpha value is -0.980. The van der Waals surface area contributed by atoms with Crippen LogP contribution in [0.25, 0.3) is 0 Å². The van der Waals surface area contributed by atoms with Crippen LogP contribution in [0, 0.1) is 5.82 Å². The van der Waals surface area contributed by atoms with E-state index in [2.05, 4.69) is 0 Å². The molecular weight excluding hydrogens is 257 g/mol. The fourth-order valence-corrected chi connectivity index (χ4v) is 3.12. The molecule has 0 unspecified atom stereocenters. The van der Waals surface area contributed by atoms with Gasteiger partial charge >= 0.3 is 0 Å². The van der Waals surface area contributed by atoms with Gasteiger partial charge in [0.25, 0.3) is 0 Å². The molecule has 6 heteroatoms. The van der Waals surface area contributed by atoms with Gasteiger partial charge in [-0.1, -0.05) is 6.07 Å². The molecule has 0 fully saturated rings. The Labute approximate surface area is 107 Å². The summed E-state index contributed by atoms with van der Waals surface area (Å²) in [4.78, 5) is 0. The van der Waals surface area contributed by atoms with Gasteiger partial charge in [-0.3, -0.25) is 0 Å². The summed E-state index contributed by atoms with van der Waals surface area (Å²) < 4.78 is 41.5. The minimum absolute atomic E-state index is 0.0578. The van der Waals surface area contributed by atoms with Crippen molar-refractivity contribution in [2.75, 3.05) is 19.5 Å². The van der Waals surface area contributed by atoms with Crippen molar-refractivity contribution in [2.45, 2.75) is 18.7 Å². The highest BCUT2D eigenvalue weighted by atomic mass is 32.2. The lowest BCUT2D eigenvalue weighted by Gasteiger charge is -2.09. The monoisotopic (exact) mass is 275 g/mol. The molecule has 1 rings (SSSR count). The maximum Gasteiger partial charge on any atom is 0.154 e. The third kappa shape index (κ3) is 4.72. The first kappa shape index (κ1) is 15.1. The van der Waals surface area contributed by atoms with Crippen LogP contribution in [0.15, 0.2) is 18.2 Å². The highest BCUT2D eigenvalue weighted by Crippen LogP contribution is 2.15. The third-order valence-corrected chi connectivity index (χ3v) is 4.23. The summed E-state index contributed by atoms with van der Waals surface area (Å²) in [5, 5.41) is 0. The maximum atomic E-state index is 13.0. The molecule has 0 aliphatic rings. The maximum absolute atomic E-state index is 13.0. The molecule has 0 aliphatic carbocycles.